The summed E-state index contributed by atoms with van der Waals surface area (Å²) in [5.74, 6) is 1.38. The number of aryl methyl sites for hydroxylation is 1. The second kappa shape index (κ2) is 29.8. The molecular weight excluding hydrogens is 766 g/mol. The molecule has 0 amide bonds. The zero-order valence-corrected chi connectivity index (χ0v) is 48.1. The molecule has 0 saturated heterocycles. The Kier molecular flexibility index (Phi) is 47.6. The van der Waals surface area contributed by atoms with E-state index >= 15 is 0 Å². The van der Waals surface area contributed by atoms with Gasteiger partial charge in [-0.15, -0.1) is 18.1 Å². The fraction of sp³-hybridized carbons (Fsp3) is 0.700. The van der Waals surface area contributed by atoms with Gasteiger partial charge in [-0.3, -0.25) is 0 Å². The van der Waals surface area contributed by atoms with Crippen LogP contribution in [0.3, 0.4) is 0 Å². The minimum atomic E-state index is -6.02. The van der Waals surface area contributed by atoms with Crippen molar-refractivity contribution in [2.24, 2.45) is 17.1 Å². The summed E-state index contributed by atoms with van der Waals surface area (Å²) < 4.78 is 37.1. The van der Waals surface area contributed by atoms with Crippen LogP contribution in [0.2, 0.25) is 0 Å². The third-order valence-electron chi connectivity index (χ3n) is 6.88. The molecule has 3 unspecified atom stereocenters. The molecule has 0 aromatic heterocycles. The minimum absolute atomic E-state index is 0. The SMILES string of the molecule is CC(C)c1ccc2c(c1)CCC1C(C)(CN)CCCC21C.[Na+].[Na+].[Na+].[Na+].[Na+].[Na+].[Na+].[Na+].[O-][Si]([O-])([O-])O[Si]([O-])([O-])[O-].[O]=[Mo](=[O])([O-])[O-]. The van der Waals surface area contributed by atoms with Gasteiger partial charge in [0, 0.05) is 0 Å². The van der Waals surface area contributed by atoms with Gasteiger partial charge in [0.2, 0.25) is 0 Å². The van der Waals surface area contributed by atoms with Crippen molar-refractivity contribution >= 4 is 18.1 Å². The average molecular weight is 797 g/mol. The monoisotopic (exact) mass is 799 g/mol. The summed E-state index contributed by atoms with van der Waals surface area (Å²) in [5, 5.41) is 0. The van der Waals surface area contributed by atoms with Crippen molar-refractivity contribution in [3.63, 3.8) is 0 Å². The summed E-state index contributed by atoms with van der Waals surface area (Å²) in [6, 6.07) is 7.29. The number of rotatable bonds is 4. The van der Waals surface area contributed by atoms with Crippen molar-refractivity contribution in [2.45, 2.75) is 71.1 Å². The fourth-order valence-corrected chi connectivity index (χ4v) is 6.63. The second-order valence-corrected chi connectivity index (χ2v) is 14.6. The molecule has 2 aliphatic rings. The molecular formula is C20H31MoNNa8O11Si2. The van der Waals surface area contributed by atoms with Crippen LogP contribution < -0.4 is 278 Å². The Balaban J connectivity index is -0.0000000809. The average Bonchev–Trinajstić information content (AvgIpc) is 2.63. The quantitative estimate of drug-likeness (QED) is 0.279. The van der Waals surface area contributed by atoms with Gasteiger partial charge < -0.3 is 38.6 Å². The molecule has 1 aromatic carbocycles. The van der Waals surface area contributed by atoms with E-state index in [9.17, 15) is 28.8 Å². The first kappa shape index (κ1) is 68.5. The molecule has 23 heteroatoms. The Hall–Kier alpha value is 7.54. The van der Waals surface area contributed by atoms with E-state index in [0.717, 1.165) is 12.5 Å². The molecule has 3 rings (SSSR count). The van der Waals surface area contributed by atoms with Crippen LogP contribution in [0, 0.1) is 11.3 Å². The number of hydrogen-bond donors (Lipinski definition) is 1. The molecule has 12 nitrogen and oxygen atoms in total. The van der Waals surface area contributed by atoms with Crippen molar-refractivity contribution in [2.75, 3.05) is 6.54 Å². The molecule has 1 fully saturated rings. The zero-order valence-electron chi connectivity index (χ0n) is 28.1. The third-order valence-corrected chi connectivity index (χ3v) is 8.88. The summed E-state index contributed by atoms with van der Waals surface area (Å²) in [5.41, 5.74) is 11.6. The van der Waals surface area contributed by atoms with E-state index in [2.05, 4.69) is 50.0 Å². The van der Waals surface area contributed by atoms with Crippen LogP contribution in [-0.2, 0) is 39.5 Å². The van der Waals surface area contributed by atoms with Gasteiger partial charge in [0.15, 0.2) is 0 Å². The van der Waals surface area contributed by atoms with Crippen molar-refractivity contribution in [3.05, 3.63) is 34.9 Å². The molecule has 1 saturated carbocycles. The molecule has 0 heterocycles. The van der Waals surface area contributed by atoms with E-state index in [1.807, 2.05) is 0 Å². The first-order valence-electron chi connectivity index (χ1n) is 11.0. The predicted molar refractivity (Wildman–Crippen MR) is 105 cm³/mol. The van der Waals surface area contributed by atoms with E-state index < -0.39 is 34.8 Å². The van der Waals surface area contributed by atoms with E-state index in [-0.39, 0.29) is 236 Å². The van der Waals surface area contributed by atoms with Gasteiger partial charge >= 0.3 is 268 Å². The molecule has 3 atom stereocenters. The number of fused-ring (bicyclic) bond motifs is 3. The molecule has 2 aliphatic carbocycles. The van der Waals surface area contributed by atoms with E-state index in [4.69, 9.17) is 20.0 Å². The van der Waals surface area contributed by atoms with E-state index in [1.54, 1.807) is 11.1 Å². The van der Waals surface area contributed by atoms with Crippen molar-refractivity contribution in [1.29, 1.82) is 0 Å². The van der Waals surface area contributed by atoms with Crippen LogP contribution in [0.1, 0.15) is 76.0 Å². The Morgan fingerprint density at radius 3 is 1.63 bits per heavy atom. The van der Waals surface area contributed by atoms with Gasteiger partial charge in [-0.2, -0.15) is 0 Å². The molecule has 43 heavy (non-hydrogen) atoms. The Labute approximate surface area is 438 Å². The van der Waals surface area contributed by atoms with Gasteiger partial charge in [-0.1, -0.05) is 52.3 Å². The van der Waals surface area contributed by atoms with Crippen LogP contribution in [0.15, 0.2) is 18.2 Å². The molecule has 0 bridgehead atoms. The molecule has 204 valence electrons. The Morgan fingerprint density at radius 2 is 1.30 bits per heavy atom. The molecule has 1 aromatic rings. The third kappa shape index (κ3) is 26.9. The van der Waals surface area contributed by atoms with Crippen LogP contribution in [0.4, 0.5) is 0 Å². The Morgan fingerprint density at radius 1 is 0.884 bits per heavy atom. The van der Waals surface area contributed by atoms with E-state index in [1.165, 1.54) is 37.7 Å². The van der Waals surface area contributed by atoms with Gasteiger partial charge in [0.25, 0.3) is 0 Å². The fourth-order valence-electron chi connectivity index (χ4n) is 5.40. The van der Waals surface area contributed by atoms with Gasteiger partial charge in [-0.25, -0.2) is 0 Å². The van der Waals surface area contributed by atoms with Crippen LogP contribution >= 0.6 is 0 Å². The Bertz CT molecular complexity index is 959. The summed E-state index contributed by atoms with van der Waals surface area (Å²) in [6.45, 7) is 10.4. The van der Waals surface area contributed by atoms with Crippen molar-refractivity contribution in [1.82, 2.24) is 0 Å². The molecule has 0 radical (unpaired) electrons. The maximum atomic E-state index is 9.36. The topological polar surface area (TPSA) is 254 Å². The summed E-state index contributed by atoms with van der Waals surface area (Å²) >= 11 is -6.02. The molecule has 0 aliphatic heterocycles. The normalized spacial score (nSPS) is 21.6. The predicted octanol–water partition coefficient (Wildman–Crippen LogP) is -29.8. The number of hydrogen-bond acceptors (Lipinski definition) is 12. The second-order valence-electron chi connectivity index (χ2n) is 9.80. The first-order chi connectivity index (χ1) is 15.6. The number of benzene rings is 1. The van der Waals surface area contributed by atoms with Gasteiger partial charge in [-0.05, 0) is 71.6 Å². The van der Waals surface area contributed by atoms with Crippen molar-refractivity contribution in [3.8, 4) is 0 Å². The van der Waals surface area contributed by atoms with Crippen molar-refractivity contribution < 1.29 is 300 Å². The van der Waals surface area contributed by atoms with Gasteiger partial charge in [0.1, 0.15) is 0 Å². The molecule has 2 N–H and O–H groups in total. The van der Waals surface area contributed by atoms with E-state index in [0.29, 0.717) is 16.7 Å². The van der Waals surface area contributed by atoms with Crippen LogP contribution in [-0.4, -0.2) is 24.6 Å². The summed E-state index contributed by atoms with van der Waals surface area (Å²) in [6.07, 6.45) is 6.53. The van der Waals surface area contributed by atoms with Gasteiger partial charge in [0.05, 0.1) is 0 Å². The van der Waals surface area contributed by atoms with Crippen LogP contribution in [0.25, 0.3) is 0 Å². The first-order valence-corrected chi connectivity index (χ1v) is 17.6. The van der Waals surface area contributed by atoms with Crippen LogP contribution in [0.5, 0.6) is 0 Å². The maximum absolute atomic E-state index is 9.36. The number of nitrogens with two attached hydrogens (primary N) is 1. The zero-order chi connectivity index (χ0) is 27.5. The standard InChI is InChI=1S/C20H31N.Mo.8Na.O7Si2.4O/c1-14(2)15-6-8-17-16(12-15)7-9-18-19(3,13-21)10-5-11-20(17,18)4;;;;;;;;;;1-8(2,3)7-9(4,5)6;;;;/h6,8,12,14,18H,5,7,9-11,13,21H2,1-4H3;;;;;;;;;;;;;;/q;;8*+1;-6;;;2*-1. The summed E-state index contributed by atoms with van der Waals surface area (Å²) in [4.78, 5) is 56.2. The summed E-state index contributed by atoms with van der Waals surface area (Å²) in [7, 11) is -11.8. The molecule has 0 spiro atoms.